The zero-order valence-corrected chi connectivity index (χ0v) is 9.92. The molecule has 0 nitrogen and oxygen atoms in total. The van der Waals surface area contributed by atoms with E-state index in [9.17, 15) is 0 Å². The Morgan fingerprint density at radius 1 is 1.21 bits per heavy atom. The van der Waals surface area contributed by atoms with Crippen LogP contribution in [0.15, 0.2) is 18.4 Å². The largest absolute Gasteiger partial charge is 0.133 e. The number of rotatable bonds is 3. The van der Waals surface area contributed by atoms with E-state index in [0.717, 1.165) is 23.7 Å². The van der Waals surface area contributed by atoms with Crippen LogP contribution in [-0.4, -0.2) is 0 Å². The molecule has 1 rings (SSSR count). The fraction of sp³-hybridized carbons (Fsp3) is 0.786. The average molecular weight is 192 g/mol. The second-order valence-corrected chi connectivity index (χ2v) is 4.80. The van der Waals surface area contributed by atoms with E-state index in [1.165, 1.54) is 25.7 Å². The minimum absolute atomic E-state index is 0.749. The Labute approximate surface area is 89.1 Å². The summed E-state index contributed by atoms with van der Waals surface area (Å²) in [5.41, 5.74) is 2.97. The summed E-state index contributed by atoms with van der Waals surface area (Å²) in [5, 5.41) is 0. The van der Waals surface area contributed by atoms with Gasteiger partial charge in [-0.25, -0.2) is 0 Å². The van der Waals surface area contributed by atoms with Crippen molar-refractivity contribution in [2.75, 3.05) is 0 Å². The molecule has 0 amide bonds. The fourth-order valence-electron chi connectivity index (χ4n) is 3.07. The molecule has 0 aromatic carbocycles. The van der Waals surface area contributed by atoms with E-state index in [2.05, 4.69) is 39.2 Å². The van der Waals surface area contributed by atoms with E-state index < -0.39 is 0 Å². The molecule has 14 heavy (non-hydrogen) atoms. The van der Waals surface area contributed by atoms with Crippen LogP contribution in [-0.2, 0) is 0 Å². The van der Waals surface area contributed by atoms with Crippen LogP contribution in [0.1, 0.15) is 46.5 Å². The molecule has 0 aromatic heterocycles. The van der Waals surface area contributed by atoms with Gasteiger partial charge in [-0.3, -0.25) is 0 Å². The predicted octanol–water partition coefficient (Wildman–Crippen LogP) is 4.43. The maximum absolute atomic E-state index is 3.69. The van der Waals surface area contributed by atoms with Crippen molar-refractivity contribution >= 4 is 0 Å². The van der Waals surface area contributed by atoms with Crippen molar-refractivity contribution in [2.45, 2.75) is 46.5 Å². The van der Waals surface area contributed by atoms with Gasteiger partial charge in [0.25, 0.3) is 0 Å². The molecule has 80 valence electrons. The molecule has 0 heterocycles. The first-order chi connectivity index (χ1) is 6.72. The monoisotopic (exact) mass is 192 g/mol. The summed E-state index contributed by atoms with van der Waals surface area (Å²) in [7, 11) is 0. The van der Waals surface area contributed by atoms with Crippen molar-refractivity contribution in [2.24, 2.45) is 23.7 Å². The Hall–Kier alpha value is -0.480. The molecule has 0 spiro atoms. The van der Waals surface area contributed by atoms with Crippen molar-refractivity contribution in [3.05, 3.63) is 18.4 Å². The summed E-state index contributed by atoms with van der Waals surface area (Å²) >= 11 is 0. The zero-order valence-electron chi connectivity index (χ0n) is 9.92. The first-order valence-electron chi connectivity index (χ1n) is 6.08. The molecule has 0 aromatic rings. The Bertz CT molecular complexity index is 196. The van der Waals surface area contributed by atoms with E-state index in [1.807, 2.05) is 0 Å². The molecular weight excluding hydrogens is 168 g/mol. The zero-order chi connectivity index (χ0) is 10.6. The normalized spacial score (nSPS) is 37.6. The summed E-state index contributed by atoms with van der Waals surface area (Å²) in [4.78, 5) is 0. The Morgan fingerprint density at radius 3 is 2.07 bits per heavy atom. The topological polar surface area (TPSA) is 0 Å². The third-order valence-corrected chi connectivity index (χ3v) is 4.10. The lowest BCUT2D eigenvalue weighted by atomic mass is 9.67. The van der Waals surface area contributed by atoms with Crippen molar-refractivity contribution in [3.63, 3.8) is 0 Å². The number of allylic oxidation sites excluding steroid dienone is 1. The highest BCUT2D eigenvalue weighted by Crippen LogP contribution is 2.41. The van der Waals surface area contributed by atoms with Gasteiger partial charge < -0.3 is 0 Å². The molecule has 0 aliphatic heterocycles. The van der Waals surface area contributed by atoms with Gasteiger partial charge in [-0.2, -0.15) is 0 Å². The van der Waals surface area contributed by atoms with Gasteiger partial charge in [-0.05, 0) is 42.6 Å². The van der Waals surface area contributed by atoms with E-state index in [-0.39, 0.29) is 0 Å². The number of hydrogen-bond donors (Lipinski definition) is 0. The molecule has 0 radical (unpaired) electrons. The lowest BCUT2D eigenvalue weighted by molar-refractivity contribution is 0.130. The molecule has 0 bridgehead atoms. The highest BCUT2D eigenvalue weighted by Gasteiger charge is 2.31. The first-order valence-corrected chi connectivity index (χ1v) is 6.08. The minimum atomic E-state index is 0.749. The third-order valence-electron chi connectivity index (χ3n) is 4.10. The van der Waals surface area contributed by atoms with Crippen LogP contribution in [0.4, 0.5) is 0 Å². The van der Waals surface area contributed by atoms with E-state index in [4.69, 9.17) is 0 Å². The average Bonchev–Trinajstić information content (AvgIpc) is 2.20. The summed E-state index contributed by atoms with van der Waals surface area (Å²) < 4.78 is 0. The van der Waals surface area contributed by atoms with Crippen LogP contribution in [0.5, 0.6) is 0 Å². The van der Waals surface area contributed by atoms with Gasteiger partial charge in [0.15, 0.2) is 0 Å². The summed E-state index contributed by atoms with van der Waals surface area (Å²) in [5.74, 6) is 3.50. The Balaban J connectivity index is 2.67. The Morgan fingerprint density at radius 2 is 1.71 bits per heavy atom. The smallest absolute Gasteiger partial charge is 0.0152 e. The van der Waals surface area contributed by atoms with Crippen molar-refractivity contribution in [1.82, 2.24) is 0 Å². The van der Waals surface area contributed by atoms with Crippen molar-refractivity contribution in [1.29, 1.82) is 0 Å². The van der Waals surface area contributed by atoms with Gasteiger partial charge in [0.1, 0.15) is 0 Å². The second kappa shape index (κ2) is 5.41. The van der Waals surface area contributed by atoms with Crippen LogP contribution in [0.3, 0.4) is 0 Å². The molecule has 0 N–H and O–H groups in total. The molecule has 1 aliphatic rings. The fourth-order valence-corrected chi connectivity index (χ4v) is 3.07. The molecule has 1 saturated carbocycles. The van der Waals surface area contributed by atoms with Gasteiger partial charge in [-0.1, -0.05) is 40.2 Å². The maximum atomic E-state index is 3.69. The van der Waals surface area contributed by atoms with Crippen LogP contribution in [0.25, 0.3) is 0 Å². The molecular formula is C14H24. The first kappa shape index (κ1) is 11.6. The van der Waals surface area contributed by atoms with Gasteiger partial charge in [0, 0.05) is 0 Å². The molecule has 1 aliphatic carbocycles. The SMILES string of the molecule is C=C=CC1CC(CC)C(C)C(CC)C1. The van der Waals surface area contributed by atoms with Gasteiger partial charge in [-0.15, -0.1) is 5.73 Å². The van der Waals surface area contributed by atoms with Gasteiger partial charge >= 0.3 is 0 Å². The van der Waals surface area contributed by atoms with E-state index >= 15 is 0 Å². The van der Waals surface area contributed by atoms with Crippen molar-refractivity contribution < 1.29 is 0 Å². The lowest BCUT2D eigenvalue weighted by Crippen LogP contribution is -2.29. The molecule has 1 fully saturated rings. The van der Waals surface area contributed by atoms with Crippen LogP contribution >= 0.6 is 0 Å². The van der Waals surface area contributed by atoms with E-state index in [1.54, 1.807) is 0 Å². The highest BCUT2D eigenvalue weighted by molar-refractivity contribution is 4.92. The predicted molar refractivity (Wildman–Crippen MR) is 63.2 cm³/mol. The molecule has 0 heteroatoms. The Kier molecular flexibility index (Phi) is 4.48. The second-order valence-electron chi connectivity index (χ2n) is 4.80. The van der Waals surface area contributed by atoms with Crippen LogP contribution in [0, 0.1) is 23.7 Å². The summed E-state index contributed by atoms with van der Waals surface area (Å²) in [6, 6.07) is 0. The molecule has 2 unspecified atom stereocenters. The molecule has 0 saturated heterocycles. The summed E-state index contributed by atoms with van der Waals surface area (Å²) in [6.45, 7) is 10.8. The third kappa shape index (κ3) is 2.51. The van der Waals surface area contributed by atoms with Gasteiger partial charge in [0.05, 0.1) is 0 Å². The number of hydrogen-bond acceptors (Lipinski definition) is 0. The minimum Gasteiger partial charge on any atom is -0.133 e. The standard InChI is InChI=1S/C14H24/c1-5-8-12-9-13(6-2)11(4)14(7-3)10-12/h8,11-14H,1,6-7,9-10H2,2-4H3. The van der Waals surface area contributed by atoms with Crippen LogP contribution < -0.4 is 0 Å². The van der Waals surface area contributed by atoms with Crippen LogP contribution in [0.2, 0.25) is 0 Å². The quantitative estimate of drug-likeness (QED) is 0.580. The lowest BCUT2D eigenvalue weighted by Gasteiger charge is -2.38. The van der Waals surface area contributed by atoms with E-state index in [0.29, 0.717) is 0 Å². The van der Waals surface area contributed by atoms with Crippen molar-refractivity contribution in [3.8, 4) is 0 Å². The summed E-state index contributed by atoms with van der Waals surface area (Å²) in [6.07, 6.45) is 7.57. The maximum Gasteiger partial charge on any atom is -0.0152 e. The molecule has 2 atom stereocenters. The van der Waals surface area contributed by atoms with Gasteiger partial charge in [0.2, 0.25) is 0 Å². The highest BCUT2D eigenvalue weighted by atomic mass is 14.4.